The molecule has 2 rings (SSSR count). The largest absolute Gasteiger partial charge is 0.504 e. The molecule has 1 aromatic carbocycles. The van der Waals surface area contributed by atoms with E-state index in [1.165, 1.54) is 0 Å². The lowest BCUT2D eigenvalue weighted by atomic mass is 10.0. The lowest BCUT2D eigenvalue weighted by Crippen LogP contribution is -2.15. The summed E-state index contributed by atoms with van der Waals surface area (Å²) in [6.45, 7) is 5.12. The van der Waals surface area contributed by atoms with Crippen LogP contribution in [0.3, 0.4) is 0 Å². The summed E-state index contributed by atoms with van der Waals surface area (Å²) in [5.74, 6) is 1.63. The zero-order chi connectivity index (χ0) is 10.1. The summed E-state index contributed by atoms with van der Waals surface area (Å²) in [6, 6.07) is 3.73. The third kappa shape index (κ3) is 1.39. The van der Waals surface area contributed by atoms with Gasteiger partial charge in [-0.2, -0.15) is 0 Å². The van der Waals surface area contributed by atoms with Gasteiger partial charge in [-0.3, -0.25) is 0 Å². The second kappa shape index (κ2) is 3.40. The molecule has 0 fully saturated rings. The number of aromatic hydroxyl groups is 1. The molecule has 1 aliphatic rings. The van der Waals surface area contributed by atoms with Crippen LogP contribution in [-0.2, 0) is 0 Å². The van der Waals surface area contributed by atoms with E-state index < -0.39 is 0 Å². The van der Waals surface area contributed by atoms with Crippen molar-refractivity contribution in [3.63, 3.8) is 0 Å². The van der Waals surface area contributed by atoms with Crippen molar-refractivity contribution in [1.29, 1.82) is 0 Å². The van der Waals surface area contributed by atoms with Crippen LogP contribution in [0.5, 0.6) is 17.2 Å². The minimum atomic E-state index is 0.220. The van der Waals surface area contributed by atoms with Gasteiger partial charge in [-0.1, -0.05) is 19.9 Å². The fraction of sp³-hybridized carbons (Fsp3) is 0.455. The molecule has 0 bridgehead atoms. The van der Waals surface area contributed by atoms with E-state index in [2.05, 4.69) is 0 Å². The molecular formula is C11H14O3. The molecule has 1 aromatic rings. The zero-order valence-corrected chi connectivity index (χ0v) is 8.41. The molecule has 1 N–H and O–H groups in total. The van der Waals surface area contributed by atoms with E-state index in [1.54, 1.807) is 0 Å². The van der Waals surface area contributed by atoms with Gasteiger partial charge in [0, 0.05) is 5.56 Å². The fourth-order valence-corrected chi connectivity index (χ4v) is 1.58. The molecule has 0 unspecified atom stereocenters. The SMILES string of the molecule is CC(C)c1ccc2c(c1O)OCCO2. The molecule has 0 aliphatic carbocycles. The van der Waals surface area contributed by atoms with Crippen LogP contribution >= 0.6 is 0 Å². The number of phenols is 1. The van der Waals surface area contributed by atoms with Crippen molar-refractivity contribution in [2.24, 2.45) is 0 Å². The fourth-order valence-electron chi connectivity index (χ4n) is 1.58. The Morgan fingerprint density at radius 2 is 1.93 bits per heavy atom. The van der Waals surface area contributed by atoms with Crippen LogP contribution in [0.25, 0.3) is 0 Å². The van der Waals surface area contributed by atoms with Gasteiger partial charge < -0.3 is 14.6 Å². The molecule has 0 saturated heterocycles. The number of fused-ring (bicyclic) bond motifs is 1. The van der Waals surface area contributed by atoms with Crippen LogP contribution in [0.2, 0.25) is 0 Å². The van der Waals surface area contributed by atoms with E-state index in [0.717, 1.165) is 5.56 Å². The van der Waals surface area contributed by atoms with Crippen molar-refractivity contribution in [3.8, 4) is 17.2 Å². The minimum Gasteiger partial charge on any atom is -0.504 e. The summed E-state index contributed by atoms with van der Waals surface area (Å²) >= 11 is 0. The van der Waals surface area contributed by atoms with Crippen LogP contribution in [0, 0.1) is 0 Å². The predicted molar refractivity (Wildman–Crippen MR) is 53.2 cm³/mol. The monoisotopic (exact) mass is 194 g/mol. The Morgan fingerprint density at radius 3 is 2.64 bits per heavy atom. The topological polar surface area (TPSA) is 38.7 Å². The maximum absolute atomic E-state index is 9.90. The highest BCUT2D eigenvalue weighted by atomic mass is 16.6. The van der Waals surface area contributed by atoms with E-state index in [1.807, 2.05) is 26.0 Å². The molecule has 1 heterocycles. The summed E-state index contributed by atoms with van der Waals surface area (Å²) in [5, 5.41) is 9.90. The molecule has 14 heavy (non-hydrogen) atoms. The van der Waals surface area contributed by atoms with E-state index in [9.17, 15) is 5.11 Å². The molecule has 0 saturated carbocycles. The number of benzene rings is 1. The number of hydrogen-bond donors (Lipinski definition) is 1. The van der Waals surface area contributed by atoms with Gasteiger partial charge in [0.25, 0.3) is 0 Å². The van der Waals surface area contributed by atoms with E-state index >= 15 is 0 Å². The second-order valence-corrected chi connectivity index (χ2v) is 3.68. The van der Waals surface area contributed by atoms with Gasteiger partial charge in [0.2, 0.25) is 5.75 Å². The van der Waals surface area contributed by atoms with E-state index in [-0.39, 0.29) is 11.7 Å². The second-order valence-electron chi connectivity index (χ2n) is 3.68. The smallest absolute Gasteiger partial charge is 0.203 e. The van der Waals surface area contributed by atoms with Crippen molar-refractivity contribution in [1.82, 2.24) is 0 Å². The lowest BCUT2D eigenvalue weighted by molar-refractivity contribution is 0.165. The highest BCUT2D eigenvalue weighted by molar-refractivity contribution is 5.56. The Hall–Kier alpha value is -1.38. The van der Waals surface area contributed by atoms with Crippen molar-refractivity contribution in [2.45, 2.75) is 19.8 Å². The third-order valence-electron chi connectivity index (χ3n) is 2.34. The summed E-state index contributed by atoms with van der Waals surface area (Å²) < 4.78 is 10.7. The molecule has 1 aliphatic heterocycles. The van der Waals surface area contributed by atoms with Crippen molar-refractivity contribution in [2.75, 3.05) is 13.2 Å². The first kappa shape index (κ1) is 9.19. The van der Waals surface area contributed by atoms with Crippen LogP contribution in [0.15, 0.2) is 12.1 Å². The van der Waals surface area contributed by atoms with Gasteiger partial charge >= 0.3 is 0 Å². The Kier molecular flexibility index (Phi) is 2.23. The average molecular weight is 194 g/mol. The summed E-state index contributed by atoms with van der Waals surface area (Å²) in [6.07, 6.45) is 0. The first-order chi connectivity index (χ1) is 6.70. The first-order valence-electron chi connectivity index (χ1n) is 4.81. The van der Waals surface area contributed by atoms with Gasteiger partial charge in [0.15, 0.2) is 11.5 Å². The van der Waals surface area contributed by atoms with Gasteiger partial charge in [0.05, 0.1) is 0 Å². The highest BCUT2D eigenvalue weighted by Gasteiger charge is 2.19. The quantitative estimate of drug-likeness (QED) is 0.745. The summed E-state index contributed by atoms with van der Waals surface area (Å²) in [5.41, 5.74) is 0.897. The molecule has 0 atom stereocenters. The van der Waals surface area contributed by atoms with E-state index in [4.69, 9.17) is 9.47 Å². The van der Waals surface area contributed by atoms with Gasteiger partial charge in [-0.15, -0.1) is 0 Å². The molecule has 0 amide bonds. The maximum Gasteiger partial charge on any atom is 0.203 e. The number of ether oxygens (including phenoxy) is 2. The Morgan fingerprint density at radius 1 is 1.21 bits per heavy atom. The Balaban J connectivity index is 2.49. The van der Waals surface area contributed by atoms with Gasteiger partial charge in [-0.05, 0) is 12.0 Å². The number of rotatable bonds is 1. The van der Waals surface area contributed by atoms with Crippen molar-refractivity contribution < 1.29 is 14.6 Å². The normalized spacial score (nSPS) is 14.5. The van der Waals surface area contributed by atoms with Crippen LogP contribution < -0.4 is 9.47 Å². The molecule has 3 nitrogen and oxygen atoms in total. The number of phenolic OH excluding ortho intramolecular Hbond substituents is 1. The van der Waals surface area contributed by atoms with Crippen molar-refractivity contribution >= 4 is 0 Å². The standard InChI is InChI=1S/C11H14O3/c1-7(2)8-3-4-9-11(10(8)12)14-6-5-13-9/h3-4,7,12H,5-6H2,1-2H3. The third-order valence-corrected chi connectivity index (χ3v) is 2.34. The van der Waals surface area contributed by atoms with Gasteiger partial charge in [0.1, 0.15) is 13.2 Å². The highest BCUT2D eigenvalue weighted by Crippen LogP contribution is 2.43. The predicted octanol–water partition coefficient (Wildman–Crippen LogP) is 2.29. The Labute approximate surface area is 83.3 Å². The first-order valence-corrected chi connectivity index (χ1v) is 4.81. The molecular weight excluding hydrogens is 180 g/mol. The van der Waals surface area contributed by atoms with Crippen LogP contribution in [0.4, 0.5) is 0 Å². The van der Waals surface area contributed by atoms with Crippen LogP contribution in [-0.4, -0.2) is 18.3 Å². The van der Waals surface area contributed by atoms with Crippen molar-refractivity contribution in [3.05, 3.63) is 17.7 Å². The summed E-state index contributed by atoms with van der Waals surface area (Å²) in [7, 11) is 0. The maximum atomic E-state index is 9.90. The lowest BCUT2D eigenvalue weighted by Gasteiger charge is -2.21. The zero-order valence-electron chi connectivity index (χ0n) is 8.41. The molecule has 3 heteroatoms. The molecule has 0 radical (unpaired) electrons. The van der Waals surface area contributed by atoms with E-state index in [0.29, 0.717) is 24.7 Å². The van der Waals surface area contributed by atoms with Gasteiger partial charge in [-0.25, -0.2) is 0 Å². The molecule has 0 aromatic heterocycles. The average Bonchev–Trinajstić information content (AvgIpc) is 2.18. The molecule has 0 spiro atoms. The van der Waals surface area contributed by atoms with Crippen LogP contribution in [0.1, 0.15) is 25.3 Å². The number of hydrogen-bond acceptors (Lipinski definition) is 3. The minimum absolute atomic E-state index is 0.220. The summed E-state index contributed by atoms with van der Waals surface area (Å²) in [4.78, 5) is 0. The molecule has 76 valence electrons. The Bertz CT molecular complexity index is 345.